The zero-order valence-electron chi connectivity index (χ0n) is 21.8. The van der Waals surface area contributed by atoms with Gasteiger partial charge in [0, 0.05) is 15.6 Å². The second kappa shape index (κ2) is 13.6. The standard InChI is InChI=1S/C28H34ClNO5S2/c1-5-8-14-28(15-9-6-2)26(32)30(20-12-10-19(29)11-13-20)21-16-24(36-4)22(17-23(21)37-27(28)33)35-18-25(31)34-7-3/h10-13,16-17H,5-9,14-15,18H2,1-4H3. The van der Waals surface area contributed by atoms with Crippen molar-refractivity contribution in [2.24, 2.45) is 5.41 Å². The summed E-state index contributed by atoms with van der Waals surface area (Å²) in [7, 11) is 0. The van der Waals surface area contributed by atoms with E-state index in [-0.39, 0.29) is 24.2 Å². The molecule has 0 saturated carbocycles. The Morgan fingerprint density at radius 3 is 2.27 bits per heavy atom. The van der Waals surface area contributed by atoms with Crippen molar-refractivity contribution < 1.29 is 23.9 Å². The van der Waals surface area contributed by atoms with E-state index in [2.05, 4.69) is 13.8 Å². The van der Waals surface area contributed by atoms with Crippen LogP contribution in [0.1, 0.15) is 59.3 Å². The van der Waals surface area contributed by atoms with Gasteiger partial charge in [-0.2, -0.15) is 0 Å². The van der Waals surface area contributed by atoms with Crippen molar-refractivity contribution >= 4 is 63.5 Å². The van der Waals surface area contributed by atoms with Crippen LogP contribution in [-0.4, -0.2) is 36.5 Å². The first-order valence-corrected chi connectivity index (χ1v) is 15.1. The Balaban J connectivity index is 2.18. The topological polar surface area (TPSA) is 72.9 Å². The van der Waals surface area contributed by atoms with E-state index in [0.717, 1.165) is 42.3 Å². The predicted octanol–water partition coefficient (Wildman–Crippen LogP) is 7.67. The number of nitrogens with zero attached hydrogens (tertiary/aromatic N) is 1. The van der Waals surface area contributed by atoms with Crippen molar-refractivity contribution in [1.82, 2.24) is 0 Å². The molecule has 0 atom stereocenters. The molecule has 0 fully saturated rings. The normalized spacial score (nSPS) is 14.8. The zero-order chi connectivity index (χ0) is 27.0. The summed E-state index contributed by atoms with van der Waals surface area (Å²) in [6, 6.07) is 10.7. The molecular formula is C28H34ClNO5S2. The van der Waals surface area contributed by atoms with Crippen molar-refractivity contribution in [3.63, 3.8) is 0 Å². The Morgan fingerprint density at radius 2 is 1.70 bits per heavy atom. The lowest BCUT2D eigenvalue weighted by atomic mass is 9.77. The Bertz CT molecular complexity index is 1110. The molecule has 1 aliphatic heterocycles. The molecule has 3 rings (SSSR count). The van der Waals surface area contributed by atoms with Crippen molar-refractivity contribution in [1.29, 1.82) is 0 Å². The number of carbonyl (C=O) groups is 3. The van der Waals surface area contributed by atoms with Gasteiger partial charge in [-0.15, -0.1) is 11.8 Å². The summed E-state index contributed by atoms with van der Waals surface area (Å²) in [5, 5.41) is 0.415. The monoisotopic (exact) mass is 563 g/mol. The summed E-state index contributed by atoms with van der Waals surface area (Å²) in [4.78, 5) is 43.4. The molecule has 9 heteroatoms. The number of ether oxygens (including phenoxy) is 2. The van der Waals surface area contributed by atoms with Gasteiger partial charge in [0.05, 0.1) is 17.2 Å². The molecule has 37 heavy (non-hydrogen) atoms. The number of rotatable bonds is 12. The highest BCUT2D eigenvalue weighted by Gasteiger charge is 2.50. The third kappa shape index (κ3) is 6.65. The van der Waals surface area contributed by atoms with Gasteiger partial charge in [-0.3, -0.25) is 14.5 Å². The predicted molar refractivity (Wildman–Crippen MR) is 151 cm³/mol. The molecule has 2 aromatic carbocycles. The molecule has 0 aliphatic carbocycles. The quantitative estimate of drug-likeness (QED) is 0.149. The molecule has 0 unspecified atom stereocenters. The molecule has 6 nitrogen and oxygen atoms in total. The summed E-state index contributed by atoms with van der Waals surface area (Å²) in [5.74, 6) is -0.206. The van der Waals surface area contributed by atoms with Gasteiger partial charge < -0.3 is 9.47 Å². The smallest absolute Gasteiger partial charge is 0.344 e. The summed E-state index contributed by atoms with van der Waals surface area (Å²) >= 11 is 8.70. The first kappa shape index (κ1) is 29.4. The number of carbonyl (C=O) groups excluding carboxylic acids is 3. The van der Waals surface area contributed by atoms with Crippen molar-refractivity contribution in [3.05, 3.63) is 41.4 Å². The Hall–Kier alpha value is -2.16. The molecule has 0 aromatic heterocycles. The lowest BCUT2D eigenvalue weighted by Gasteiger charge is -2.34. The van der Waals surface area contributed by atoms with Crippen LogP contribution in [0.15, 0.2) is 46.2 Å². The number of unbranched alkanes of at least 4 members (excludes halogenated alkanes) is 2. The van der Waals surface area contributed by atoms with E-state index in [0.29, 0.717) is 39.9 Å². The van der Waals surface area contributed by atoms with E-state index in [1.54, 1.807) is 42.2 Å². The zero-order valence-corrected chi connectivity index (χ0v) is 24.2. The lowest BCUT2D eigenvalue weighted by Crippen LogP contribution is -2.45. The number of anilines is 2. The summed E-state index contributed by atoms with van der Waals surface area (Å²) in [5.41, 5.74) is 0.129. The summed E-state index contributed by atoms with van der Waals surface area (Å²) < 4.78 is 10.8. The number of hydrogen-bond donors (Lipinski definition) is 0. The Labute approximate surface area is 232 Å². The maximum atomic E-state index is 14.5. The minimum absolute atomic E-state index is 0.148. The van der Waals surface area contributed by atoms with Crippen LogP contribution in [0, 0.1) is 5.41 Å². The first-order chi connectivity index (χ1) is 17.8. The van der Waals surface area contributed by atoms with E-state index in [1.165, 1.54) is 11.8 Å². The fourth-order valence-electron chi connectivity index (χ4n) is 4.35. The maximum Gasteiger partial charge on any atom is 0.344 e. The second-order valence-electron chi connectivity index (χ2n) is 8.86. The average molecular weight is 564 g/mol. The Kier molecular flexibility index (Phi) is 10.8. The van der Waals surface area contributed by atoms with Crippen LogP contribution >= 0.6 is 35.1 Å². The van der Waals surface area contributed by atoms with Gasteiger partial charge in [0.1, 0.15) is 11.2 Å². The van der Waals surface area contributed by atoms with Gasteiger partial charge in [0.25, 0.3) is 0 Å². The van der Waals surface area contributed by atoms with Crippen LogP contribution in [0.2, 0.25) is 5.02 Å². The number of hydrogen-bond acceptors (Lipinski definition) is 7. The number of amides is 1. The maximum absolute atomic E-state index is 14.5. The van der Waals surface area contributed by atoms with Crippen LogP contribution < -0.4 is 9.64 Å². The molecule has 1 aliphatic rings. The van der Waals surface area contributed by atoms with Gasteiger partial charge in [-0.25, -0.2) is 4.79 Å². The summed E-state index contributed by atoms with van der Waals surface area (Å²) in [6.07, 6.45) is 6.20. The van der Waals surface area contributed by atoms with E-state index < -0.39 is 11.4 Å². The molecule has 1 heterocycles. The molecular weight excluding hydrogens is 530 g/mol. The van der Waals surface area contributed by atoms with E-state index in [1.807, 2.05) is 12.3 Å². The number of thioether (sulfide) groups is 2. The largest absolute Gasteiger partial charge is 0.481 e. The molecule has 2 aromatic rings. The van der Waals surface area contributed by atoms with Crippen molar-refractivity contribution in [2.45, 2.75) is 69.1 Å². The third-order valence-electron chi connectivity index (χ3n) is 6.34. The fraction of sp³-hybridized carbons (Fsp3) is 0.464. The first-order valence-electron chi connectivity index (χ1n) is 12.6. The highest BCUT2D eigenvalue weighted by atomic mass is 35.5. The van der Waals surface area contributed by atoms with Gasteiger partial charge in [0.15, 0.2) is 6.61 Å². The second-order valence-corrected chi connectivity index (χ2v) is 11.2. The minimum atomic E-state index is -1.14. The van der Waals surface area contributed by atoms with Crippen LogP contribution in [0.25, 0.3) is 0 Å². The number of halogens is 1. The SMILES string of the molecule is CCCCC1(CCCC)C(=O)Sc2cc(OCC(=O)OCC)c(SC)cc2N(c2ccc(Cl)cc2)C1=O. The number of esters is 1. The Morgan fingerprint density at radius 1 is 1.05 bits per heavy atom. The van der Waals surface area contributed by atoms with Gasteiger partial charge in [-0.05, 0) is 74.2 Å². The molecule has 0 saturated heterocycles. The molecule has 0 N–H and O–H groups in total. The van der Waals surface area contributed by atoms with E-state index in [4.69, 9.17) is 21.1 Å². The van der Waals surface area contributed by atoms with Crippen molar-refractivity contribution in [3.8, 4) is 5.75 Å². The molecule has 1 amide bonds. The minimum Gasteiger partial charge on any atom is -0.481 e. The van der Waals surface area contributed by atoms with Gasteiger partial charge >= 0.3 is 5.97 Å². The lowest BCUT2D eigenvalue weighted by molar-refractivity contribution is -0.145. The fourth-order valence-corrected chi connectivity index (χ4v) is 6.14. The van der Waals surface area contributed by atoms with E-state index >= 15 is 0 Å². The number of benzene rings is 2. The van der Waals surface area contributed by atoms with Gasteiger partial charge in [0.2, 0.25) is 11.0 Å². The highest BCUT2D eigenvalue weighted by molar-refractivity contribution is 8.14. The highest BCUT2D eigenvalue weighted by Crippen LogP contribution is 2.51. The van der Waals surface area contributed by atoms with Crippen LogP contribution in [0.3, 0.4) is 0 Å². The molecule has 0 radical (unpaired) electrons. The molecule has 200 valence electrons. The molecule has 0 spiro atoms. The molecule has 0 bridgehead atoms. The van der Waals surface area contributed by atoms with Crippen LogP contribution in [0.4, 0.5) is 11.4 Å². The van der Waals surface area contributed by atoms with Crippen LogP contribution in [0.5, 0.6) is 5.75 Å². The van der Waals surface area contributed by atoms with Crippen LogP contribution in [-0.2, 0) is 19.1 Å². The average Bonchev–Trinajstić information content (AvgIpc) is 2.97. The summed E-state index contributed by atoms with van der Waals surface area (Å²) in [6.45, 7) is 5.89. The van der Waals surface area contributed by atoms with Gasteiger partial charge in [-0.1, -0.05) is 51.1 Å². The number of fused-ring (bicyclic) bond motifs is 1. The third-order valence-corrected chi connectivity index (χ3v) is 8.48. The van der Waals surface area contributed by atoms with Crippen molar-refractivity contribution in [2.75, 3.05) is 24.4 Å². The van der Waals surface area contributed by atoms with E-state index in [9.17, 15) is 14.4 Å².